The Labute approximate surface area is 164 Å². The Hall–Kier alpha value is -2.53. The molecule has 0 radical (unpaired) electrons. The number of methoxy groups -OCH3 is 1. The smallest absolute Gasteiger partial charge is 0.243 e. The summed E-state index contributed by atoms with van der Waals surface area (Å²) >= 11 is 5.96. The van der Waals surface area contributed by atoms with Gasteiger partial charge in [-0.15, -0.1) is 0 Å². The second-order valence-corrected chi connectivity index (χ2v) is 7.12. The average molecular weight is 387 g/mol. The normalized spacial score (nSPS) is 14.3. The van der Waals surface area contributed by atoms with E-state index in [0.29, 0.717) is 23.0 Å². The van der Waals surface area contributed by atoms with E-state index < -0.39 is 5.41 Å². The minimum Gasteiger partial charge on any atom is -0.497 e. The molecule has 2 aromatic rings. The van der Waals surface area contributed by atoms with Gasteiger partial charge in [0.05, 0.1) is 19.1 Å². The maximum atomic E-state index is 13.1. The van der Waals surface area contributed by atoms with Crippen LogP contribution in [-0.4, -0.2) is 36.9 Å². The minimum atomic E-state index is -0.517. The molecule has 1 saturated carbocycles. The number of hydrogen-bond donors (Lipinski definition) is 1. The number of hydrogen-bond acceptors (Lipinski definition) is 3. The van der Waals surface area contributed by atoms with Crippen molar-refractivity contribution in [3.05, 3.63) is 59.1 Å². The molecule has 0 aliphatic heterocycles. The molecule has 2 amide bonds. The number of halogens is 1. The van der Waals surface area contributed by atoms with Gasteiger partial charge in [0, 0.05) is 23.3 Å². The summed E-state index contributed by atoms with van der Waals surface area (Å²) in [6.07, 6.45) is 1.59. The lowest BCUT2D eigenvalue weighted by atomic mass is 9.94. The Morgan fingerprint density at radius 1 is 1.19 bits per heavy atom. The summed E-state index contributed by atoms with van der Waals surface area (Å²) in [5.41, 5.74) is 1.09. The van der Waals surface area contributed by atoms with Crippen LogP contribution < -0.4 is 10.1 Å². The highest BCUT2D eigenvalue weighted by atomic mass is 35.5. The summed E-state index contributed by atoms with van der Waals surface area (Å²) in [5, 5.41) is 3.47. The fourth-order valence-electron chi connectivity index (χ4n) is 3.22. The molecule has 0 bridgehead atoms. The van der Waals surface area contributed by atoms with Gasteiger partial charge in [-0.25, -0.2) is 0 Å². The number of anilines is 1. The molecule has 5 nitrogen and oxygen atoms in total. The van der Waals surface area contributed by atoms with Gasteiger partial charge in [-0.1, -0.05) is 29.8 Å². The number of benzene rings is 2. The molecule has 0 aromatic heterocycles. The predicted octanol–water partition coefficient (Wildman–Crippen LogP) is 3.87. The second-order valence-electron chi connectivity index (χ2n) is 6.69. The Kier molecular flexibility index (Phi) is 5.71. The third kappa shape index (κ3) is 4.25. The van der Waals surface area contributed by atoms with Gasteiger partial charge in [-0.05, 0) is 49.6 Å². The lowest BCUT2D eigenvalue weighted by Crippen LogP contribution is -2.43. The van der Waals surface area contributed by atoms with Crippen molar-refractivity contribution in [2.75, 3.05) is 25.5 Å². The Bertz CT molecular complexity index is 832. The molecule has 3 rings (SSSR count). The number of carbonyl (C=O) groups is 2. The van der Waals surface area contributed by atoms with E-state index in [4.69, 9.17) is 16.3 Å². The molecule has 1 aliphatic carbocycles. The summed E-state index contributed by atoms with van der Waals surface area (Å²) in [6.45, 7) is 2.37. The van der Waals surface area contributed by atoms with Gasteiger partial charge in [0.1, 0.15) is 5.75 Å². The highest BCUT2D eigenvalue weighted by Gasteiger charge is 2.52. The number of amides is 2. The van der Waals surface area contributed by atoms with Gasteiger partial charge in [0.15, 0.2) is 0 Å². The molecule has 1 N–H and O–H groups in total. The van der Waals surface area contributed by atoms with Crippen molar-refractivity contribution in [2.45, 2.75) is 25.2 Å². The molecule has 27 heavy (non-hydrogen) atoms. The van der Waals surface area contributed by atoms with Gasteiger partial charge in [0.2, 0.25) is 11.8 Å². The van der Waals surface area contributed by atoms with Crippen LogP contribution in [-0.2, 0) is 15.0 Å². The van der Waals surface area contributed by atoms with Crippen molar-refractivity contribution in [1.82, 2.24) is 4.90 Å². The summed E-state index contributed by atoms with van der Waals surface area (Å²) in [6, 6.07) is 14.5. The van der Waals surface area contributed by atoms with E-state index in [2.05, 4.69) is 5.32 Å². The zero-order valence-corrected chi connectivity index (χ0v) is 16.3. The SMILES string of the molecule is CCN(CC(=O)Nc1cccc(OC)c1)C(=O)C1(c2ccc(Cl)cc2)CC1. The molecule has 0 atom stereocenters. The molecule has 0 unspecified atom stereocenters. The van der Waals surface area contributed by atoms with E-state index in [0.717, 1.165) is 18.4 Å². The first-order chi connectivity index (χ1) is 13.0. The Morgan fingerprint density at radius 2 is 1.89 bits per heavy atom. The third-order valence-corrected chi connectivity index (χ3v) is 5.17. The van der Waals surface area contributed by atoms with Gasteiger partial charge >= 0.3 is 0 Å². The highest BCUT2D eigenvalue weighted by Crippen LogP contribution is 2.49. The zero-order valence-electron chi connectivity index (χ0n) is 15.5. The van der Waals surface area contributed by atoms with Gasteiger partial charge in [0.25, 0.3) is 0 Å². The van der Waals surface area contributed by atoms with E-state index in [1.807, 2.05) is 19.1 Å². The van der Waals surface area contributed by atoms with E-state index in [-0.39, 0.29) is 18.4 Å². The highest BCUT2D eigenvalue weighted by molar-refractivity contribution is 6.30. The first-order valence-corrected chi connectivity index (χ1v) is 9.35. The van der Waals surface area contributed by atoms with Crippen molar-refractivity contribution in [2.24, 2.45) is 0 Å². The largest absolute Gasteiger partial charge is 0.497 e. The van der Waals surface area contributed by atoms with Crippen molar-refractivity contribution >= 4 is 29.1 Å². The van der Waals surface area contributed by atoms with E-state index in [1.54, 1.807) is 48.4 Å². The maximum Gasteiger partial charge on any atom is 0.243 e. The van der Waals surface area contributed by atoms with Gasteiger partial charge < -0.3 is 15.0 Å². The molecule has 1 aliphatic rings. The Balaban J connectivity index is 1.68. The predicted molar refractivity (Wildman–Crippen MR) is 106 cm³/mol. The molecule has 6 heteroatoms. The van der Waals surface area contributed by atoms with Crippen LogP contribution in [0.5, 0.6) is 5.75 Å². The summed E-state index contributed by atoms with van der Waals surface area (Å²) < 4.78 is 5.16. The van der Waals surface area contributed by atoms with Gasteiger partial charge in [-0.2, -0.15) is 0 Å². The fourth-order valence-corrected chi connectivity index (χ4v) is 3.35. The van der Waals surface area contributed by atoms with E-state index >= 15 is 0 Å². The number of rotatable bonds is 7. The monoisotopic (exact) mass is 386 g/mol. The molecule has 0 heterocycles. The minimum absolute atomic E-state index is 0.00638. The first-order valence-electron chi connectivity index (χ1n) is 8.98. The fraction of sp³-hybridized carbons (Fsp3) is 0.333. The Morgan fingerprint density at radius 3 is 2.48 bits per heavy atom. The van der Waals surface area contributed by atoms with E-state index in [9.17, 15) is 9.59 Å². The molecule has 0 spiro atoms. The maximum absolute atomic E-state index is 13.1. The van der Waals surface area contributed by atoms with Crippen molar-refractivity contribution in [3.63, 3.8) is 0 Å². The average Bonchev–Trinajstić information content (AvgIpc) is 3.48. The molecule has 1 fully saturated rings. The lowest BCUT2D eigenvalue weighted by molar-refractivity contribution is -0.136. The van der Waals surface area contributed by atoms with Crippen LogP contribution in [0.1, 0.15) is 25.3 Å². The first kappa shape index (κ1) is 19.2. The quantitative estimate of drug-likeness (QED) is 0.785. The van der Waals surface area contributed by atoms with E-state index in [1.165, 1.54) is 0 Å². The molecular formula is C21H23ClN2O3. The number of nitrogens with zero attached hydrogens (tertiary/aromatic N) is 1. The number of likely N-dealkylation sites (N-methyl/N-ethyl adjacent to an activating group) is 1. The lowest BCUT2D eigenvalue weighted by Gasteiger charge is -2.26. The van der Waals surface area contributed by atoms with Crippen molar-refractivity contribution in [3.8, 4) is 5.75 Å². The van der Waals surface area contributed by atoms with Crippen molar-refractivity contribution < 1.29 is 14.3 Å². The summed E-state index contributed by atoms with van der Waals surface area (Å²) in [7, 11) is 1.57. The van der Waals surface area contributed by atoms with Crippen molar-refractivity contribution in [1.29, 1.82) is 0 Å². The number of nitrogens with one attached hydrogen (secondary N) is 1. The van der Waals surface area contributed by atoms with Crippen LogP contribution in [0.2, 0.25) is 5.02 Å². The zero-order chi connectivity index (χ0) is 19.4. The standard InChI is InChI=1S/C21H23ClN2O3/c1-3-24(14-19(25)23-17-5-4-6-18(13-17)27-2)20(26)21(11-12-21)15-7-9-16(22)10-8-15/h4-10,13H,3,11-12,14H2,1-2H3,(H,23,25). The van der Waals surface area contributed by atoms with Crippen LogP contribution in [0.25, 0.3) is 0 Å². The van der Waals surface area contributed by atoms with Gasteiger partial charge in [-0.3, -0.25) is 9.59 Å². The molecule has 142 valence electrons. The third-order valence-electron chi connectivity index (χ3n) is 4.91. The molecule has 2 aromatic carbocycles. The van der Waals surface area contributed by atoms with Crippen LogP contribution in [0, 0.1) is 0 Å². The molecule has 0 saturated heterocycles. The van der Waals surface area contributed by atoms with Crippen LogP contribution in [0.4, 0.5) is 5.69 Å². The number of ether oxygens (including phenoxy) is 1. The second kappa shape index (κ2) is 8.01. The van der Waals surface area contributed by atoms with Crippen LogP contribution in [0.15, 0.2) is 48.5 Å². The summed E-state index contributed by atoms with van der Waals surface area (Å²) in [5.74, 6) is 0.425. The number of carbonyl (C=O) groups excluding carboxylic acids is 2. The van der Waals surface area contributed by atoms with Crippen LogP contribution in [0.3, 0.4) is 0 Å². The summed E-state index contributed by atoms with van der Waals surface area (Å²) in [4.78, 5) is 27.2. The van der Waals surface area contributed by atoms with Crippen LogP contribution >= 0.6 is 11.6 Å². The molecular weight excluding hydrogens is 364 g/mol. The topological polar surface area (TPSA) is 58.6 Å².